The standard InChI is InChI=1S/C8H6BrIO/c9-8-5(3-10)1-7-2-6(8)4-11-7/h1-2H,3-4H2. The number of benzene rings is 1. The maximum Gasteiger partial charge on any atom is 0.120 e. The average Bonchev–Trinajstić information content (AvgIpc) is 2.42. The van der Waals surface area contributed by atoms with Gasteiger partial charge in [0.2, 0.25) is 0 Å². The van der Waals surface area contributed by atoms with Crippen molar-refractivity contribution in [2.75, 3.05) is 0 Å². The third-order valence-corrected chi connectivity index (χ3v) is 3.58. The molecular weight excluding hydrogens is 319 g/mol. The van der Waals surface area contributed by atoms with Crippen molar-refractivity contribution < 1.29 is 4.74 Å². The lowest BCUT2D eigenvalue weighted by Crippen LogP contribution is -1.84. The molecule has 2 bridgehead atoms. The number of fused-ring (bicyclic) bond motifs is 2. The smallest absolute Gasteiger partial charge is 0.120 e. The zero-order valence-corrected chi connectivity index (χ0v) is 9.48. The maximum absolute atomic E-state index is 5.37. The van der Waals surface area contributed by atoms with Crippen LogP contribution >= 0.6 is 38.5 Å². The lowest BCUT2D eigenvalue weighted by molar-refractivity contribution is 0.327. The van der Waals surface area contributed by atoms with Crippen LogP contribution < -0.4 is 4.74 Å². The van der Waals surface area contributed by atoms with E-state index in [1.54, 1.807) is 0 Å². The minimum absolute atomic E-state index is 0.729. The van der Waals surface area contributed by atoms with Gasteiger partial charge in [-0.15, -0.1) is 0 Å². The van der Waals surface area contributed by atoms with E-state index in [-0.39, 0.29) is 0 Å². The predicted octanol–water partition coefficient (Wildman–Crippen LogP) is 3.28. The SMILES string of the molecule is Brc1c(CI)cc2cc1CO2. The summed E-state index contributed by atoms with van der Waals surface area (Å²) in [4.78, 5) is 0. The largest absolute Gasteiger partial charge is 0.489 e. The van der Waals surface area contributed by atoms with Crippen LogP contribution in [0.1, 0.15) is 11.1 Å². The summed E-state index contributed by atoms with van der Waals surface area (Å²) >= 11 is 5.90. The van der Waals surface area contributed by atoms with E-state index >= 15 is 0 Å². The van der Waals surface area contributed by atoms with Crippen molar-refractivity contribution in [2.24, 2.45) is 0 Å². The predicted molar refractivity (Wildman–Crippen MR) is 56.2 cm³/mol. The molecule has 1 aliphatic rings. The fourth-order valence-electron chi connectivity index (χ4n) is 1.16. The Morgan fingerprint density at radius 1 is 1.55 bits per heavy atom. The summed E-state index contributed by atoms with van der Waals surface area (Å²) in [6, 6.07) is 4.17. The molecule has 0 atom stereocenters. The van der Waals surface area contributed by atoms with E-state index < -0.39 is 0 Å². The lowest BCUT2D eigenvalue weighted by atomic mass is 10.2. The molecule has 58 valence electrons. The molecule has 1 nitrogen and oxygen atoms in total. The number of hydrogen-bond acceptors (Lipinski definition) is 1. The summed E-state index contributed by atoms with van der Waals surface area (Å²) in [6.45, 7) is 0.729. The van der Waals surface area contributed by atoms with Gasteiger partial charge in [0.25, 0.3) is 0 Å². The van der Waals surface area contributed by atoms with E-state index in [0.29, 0.717) is 0 Å². The van der Waals surface area contributed by atoms with E-state index in [1.165, 1.54) is 15.6 Å². The Balaban J connectivity index is 2.58. The molecule has 1 aliphatic heterocycles. The first-order chi connectivity index (χ1) is 5.31. The van der Waals surface area contributed by atoms with E-state index in [9.17, 15) is 0 Å². The van der Waals surface area contributed by atoms with Gasteiger partial charge in [0.1, 0.15) is 12.4 Å². The molecular formula is C8H6BrIO. The van der Waals surface area contributed by atoms with Crippen LogP contribution in [0.4, 0.5) is 0 Å². The third kappa shape index (κ3) is 1.28. The fraction of sp³-hybridized carbons (Fsp3) is 0.250. The first kappa shape index (κ1) is 7.86. The molecule has 0 saturated carbocycles. The van der Waals surface area contributed by atoms with Crippen molar-refractivity contribution in [3.8, 4) is 5.75 Å². The number of hydrogen-bond donors (Lipinski definition) is 0. The van der Waals surface area contributed by atoms with Gasteiger partial charge in [0.15, 0.2) is 0 Å². The summed E-state index contributed by atoms with van der Waals surface area (Å²) in [5, 5.41) is 0. The molecule has 0 radical (unpaired) electrons. The Labute approximate surface area is 87.4 Å². The molecule has 1 heterocycles. The minimum Gasteiger partial charge on any atom is -0.489 e. The molecule has 0 saturated heterocycles. The van der Waals surface area contributed by atoms with Crippen LogP contribution in [0.3, 0.4) is 0 Å². The molecule has 0 spiro atoms. The van der Waals surface area contributed by atoms with Crippen LogP contribution in [0.2, 0.25) is 0 Å². The van der Waals surface area contributed by atoms with Gasteiger partial charge in [-0.05, 0) is 17.7 Å². The highest BCUT2D eigenvalue weighted by Gasteiger charge is 2.14. The highest BCUT2D eigenvalue weighted by Crippen LogP contribution is 2.34. The molecule has 11 heavy (non-hydrogen) atoms. The monoisotopic (exact) mass is 324 g/mol. The number of alkyl halides is 1. The summed E-state index contributed by atoms with van der Waals surface area (Å²) in [7, 11) is 0. The average molecular weight is 325 g/mol. The molecule has 0 fully saturated rings. The van der Waals surface area contributed by atoms with Gasteiger partial charge in [-0.3, -0.25) is 0 Å². The van der Waals surface area contributed by atoms with Crippen molar-refractivity contribution >= 4 is 38.5 Å². The number of ether oxygens (including phenoxy) is 1. The van der Waals surface area contributed by atoms with Gasteiger partial charge >= 0.3 is 0 Å². The number of halogens is 2. The van der Waals surface area contributed by atoms with Crippen molar-refractivity contribution in [3.05, 3.63) is 27.7 Å². The fourth-order valence-corrected chi connectivity index (χ4v) is 2.77. The van der Waals surface area contributed by atoms with Gasteiger partial charge < -0.3 is 4.74 Å². The van der Waals surface area contributed by atoms with Crippen molar-refractivity contribution in [1.82, 2.24) is 0 Å². The zero-order chi connectivity index (χ0) is 7.84. The molecule has 2 rings (SSSR count). The van der Waals surface area contributed by atoms with Crippen LogP contribution in [0.5, 0.6) is 5.75 Å². The van der Waals surface area contributed by atoms with E-state index in [0.717, 1.165) is 16.8 Å². The second kappa shape index (κ2) is 2.94. The Kier molecular flexibility index (Phi) is 2.10. The van der Waals surface area contributed by atoms with Crippen LogP contribution in [-0.4, -0.2) is 0 Å². The van der Waals surface area contributed by atoms with Gasteiger partial charge in [0, 0.05) is 14.5 Å². The zero-order valence-electron chi connectivity index (χ0n) is 5.73. The summed E-state index contributed by atoms with van der Waals surface area (Å²) in [6.07, 6.45) is 0. The molecule has 1 aromatic carbocycles. The van der Waals surface area contributed by atoms with Crippen LogP contribution in [0.25, 0.3) is 0 Å². The van der Waals surface area contributed by atoms with Gasteiger partial charge in [-0.1, -0.05) is 38.5 Å². The first-order valence-electron chi connectivity index (χ1n) is 3.31. The Morgan fingerprint density at radius 3 is 3.09 bits per heavy atom. The van der Waals surface area contributed by atoms with Gasteiger partial charge in [0.05, 0.1) is 0 Å². The normalized spacial score (nSPS) is 13.3. The van der Waals surface area contributed by atoms with Crippen molar-refractivity contribution in [1.29, 1.82) is 0 Å². The summed E-state index contributed by atoms with van der Waals surface area (Å²) < 4.78 is 7.62. The summed E-state index contributed by atoms with van der Waals surface area (Å²) in [5.41, 5.74) is 2.60. The van der Waals surface area contributed by atoms with E-state index in [2.05, 4.69) is 50.7 Å². The minimum atomic E-state index is 0.729. The second-order valence-electron chi connectivity index (χ2n) is 2.48. The molecule has 0 amide bonds. The molecule has 0 N–H and O–H groups in total. The first-order valence-corrected chi connectivity index (χ1v) is 5.63. The van der Waals surface area contributed by atoms with Gasteiger partial charge in [-0.2, -0.15) is 0 Å². The molecule has 0 unspecified atom stereocenters. The van der Waals surface area contributed by atoms with Gasteiger partial charge in [-0.25, -0.2) is 0 Å². The van der Waals surface area contributed by atoms with Crippen molar-refractivity contribution in [2.45, 2.75) is 11.0 Å². The molecule has 0 aliphatic carbocycles. The third-order valence-electron chi connectivity index (χ3n) is 1.74. The maximum atomic E-state index is 5.37. The quantitative estimate of drug-likeness (QED) is 0.569. The Morgan fingerprint density at radius 2 is 2.36 bits per heavy atom. The molecule has 1 aromatic rings. The van der Waals surface area contributed by atoms with Crippen molar-refractivity contribution in [3.63, 3.8) is 0 Å². The topological polar surface area (TPSA) is 9.23 Å². The van der Waals surface area contributed by atoms with Crippen LogP contribution in [0, 0.1) is 0 Å². The Hall–Kier alpha value is 0.230. The summed E-state index contributed by atoms with van der Waals surface area (Å²) in [5.74, 6) is 1.01. The highest BCUT2D eigenvalue weighted by molar-refractivity contribution is 14.1. The van der Waals surface area contributed by atoms with E-state index in [1.807, 2.05) is 0 Å². The van der Waals surface area contributed by atoms with E-state index in [4.69, 9.17) is 4.74 Å². The van der Waals surface area contributed by atoms with Crippen LogP contribution in [0.15, 0.2) is 16.6 Å². The van der Waals surface area contributed by atoms with Crippen LogP contribution in [-0.2, 0) is 11.0 Å². The second-order valence-corrected chi connectivity index (χ2v) is 4.03. The number of rotatable bonds is 1. The molecule has 3 heteroatoms. The Bertz CT molecular complexity index is 298. The molecule has 0 aromatic heterocycles. The lowest BCUT2D eigenvalue weighted by Gasteiger charge is -1.98. The highest BCUT2D eigenvalue weighted by atomic mass is 127.